The number of aliphatic hydroxyl groups excluding tert-OH is 1. The summed E-state index contributed by atoms with van der Waals surface area (Å²) in [7, 11) is 0. The number of hydrogen-bond donors (Lipinski definition) is 1. The van der Waals surface area contributed by atoms with Crippen LogP contribution in [0.3, 0.4) is 0 Å². The number of hydrogen-bond acceptors (Lipinski definition) is 4. The fourth-order valence-electron chi connectivity index (χ4n) is 1.79. The Morgan fingerprint density at radius 1 is 1.47 bits per heavy atom. The molecule has 0 aliphatic rings. The molecule has 0 aromatic heterocycles. The molecule has 0 fully saturated rings. The van der Waals surface area contributed by atoms with E-state index < -0.39 is 4.92 Å². The highest BCUT2D eigenvalue weighted by Gasteiger charge is 2.14. The van der Waals surface area contributed by atoms with Crippen molar-refractivity contribution >= 4 is 21.6 Å². The van der Waals surface area contributed by atoms with Crippen molar-refractivity contribution in [2.75, 3.05) is 13.2 Å². The first-order chi connectivity index (χ1) is 8.95. The number of nitrogens with zero attached hydrogens (tertiary/aromatic N) is 2. The van der Waals surface area contributed by atoms with Gasteiger partial charge in [-0.3, -0.25) is 15.0 Å². The van der Waals surface area contributed by atoms with Crippen molar-refractivity contribution in [3.63, 3.8) is 0 Å². The van der Waals surface area contributed by atoms with E-state index in [0.29, 0.717) is 12.6 Å². The summed E-state index contributed by atoms with van der Waals surface area (Å²) in [4.78, 5) is 12.5. The fraction of sp³-hybridized carbons (Fsp3) is 0.538. The van der Waals surface area contributed by atoms with Gasteiger partial charge < -0.3 is 5.11 Å². The Labute approximate surface area is 121 Å². The molecule has 0 aliphatic carbocycles. The highest BCUT2D eigenvalue weighted by atomic mass is 79.9. The van der Waals surface area contributed by atoms with Crippen molar-refractivity contribution < 1.29 is 10.0 Å². The summed E-state index contributed by atoms with van der Waals surface area (Å²) in [6.45, 7) is 5.87. The lowest BCUT2D eigenvalue weighted by Gasteiger charge is -2.26. The molecule has 0 bridgehead atoms. The third-order valence-electron chi connectivity index (χ3n) is 2.95. The zero-order chi connectivity index (χ0) is 14.4. The monoisotopic (exact) mass is 330 g/mol. The number of aliphatic hydroxyl groups is 1. The fourth-order valence-corrected chi connectivity index (χ4v) is 2.28. The summed E-state index contributed by atoms with van der Waals surface area (Å²) in [5.74, 6) is 0. The largest absolute Gasteiger partial charge is 0.396 e. The predicted octanol–water partition coefficient (Wildman–Crippen LogP) is 2.95. The van der Waals surface area contributed by atoms with E-state index in [1.165, 1.54) is 12.1 Å². The summed E-state index contributed by atoms with van der Waals surface area (Å²) < 4.78 is 0.747. The first kappa shape index (κ1) is 16.1. The van der Waals surface area contributed by atoms with E-state index in [0.717, 1.165) is 23.0 Å². The molecule has 1 aromatic carbocycles. The van der Waals surface area contributed by atoms with Gasteiger partial charge in [-0.2, -0.15) is 0 Å². The minimum atomic E-state index is -0.402. The van der Waals surface area contributed by atoms with E-state index in [-0.39, 0.29) is 12.3 Å². The maximum atomic E-state index is 10.7. The van der Waals surface area contributed by atoms with Gasteiger partial charge in [-0.1, -0.05) is 15.9 Å². The Balaban J connectivity index is 2.81. The maximum Gasteiger partial charge on any atom is 0.270 e. The normalized spacial score (nSPS) is 11.3. The molecule has 0 unspecified atom stereocenters. The lowest BCUT2D eigenvalue weighted by atomic mass is 10.1. The van der Waals surface area contributed by atoms with E-state index >= 15 is 0 Å². The van der Waals surface area contributed by atoms with Crippen LogP contribution in [0, 0.1) is 10.1 Å². The van der Waals surface area contributed by atoms with Crippen molar-refractivity contribution in [1.82, 2.24) is 4.90 Å². The molecule has 1 N–H and O–H groups in total. The van der Waals surface area contributed by atoms with Crippen LogP contribution in [0.4, 0.5) is 5.69 Å². The Kier molecular flexibility index (Phi) is 6.41. The Bertz CT molecular complexity index is 438. The number of non-ortho nitro benzene ring substituents is 1. The van der Waals surface area contributed by atoms with Gasteiger partial charge in [-0.05, 0) is 31.9 Å². The zero-order valence-electron chi connectivity index (χ0n) is 11.2. The van der Waals surface area contributed by atoms with Crippen molar-refractivity contribution in [3.05, 3.63) is 38.3 Å². The maximum absolute atomic E-state index is 10.7. The van der Waals surface area contributed by atoms with Crippen molar-refractivity contribution in [2.24, 2.45) is 0 Å². The number of rotatable bonds is 7. The molecule has 19 heavy (non-hydrogen) atoms. The van der Waals surface area contributed by atoms with Crippen LogP contribution in [0.2, 0.25) is 0 Å². The molecule has 0 radical (unpaired) electrons. The minimum absolute atomic E-state index is 0.0853. The van der Waals surface area contributed by atoms with E-state index in [9.17, 15) is 10.1 Å². The standard InChI is InChI=1S/C13H19BrN2O3/c1-10(2)15(6-3-7-17)9-11-4-5-12(16(18)19)8-13(11)14/h4-5,8,10,17H,3,6-7,9H2,1-2H3. The average Bonchev–Trinajstić information content (AvgIpc) is 2.35. The average molecular weight is 331 g/mol. The summed E-state index contributed by atoms with van der Waals surface area (Å²) >= 11 is 3.38. The molecule has 1 aromatic rings. The highest BCUT2D eigenvalue weighted by Crippen LogP contribution is 2.24. The molecule has 0 amide bonds. The van der Waals surface area contributed by atoms with Gasteiger partial charge in [0, 0.05) is 42.3 Å². The van der Waals surface area contributed by atoms with Crippen LogP contribution in [0.1, 0.15) is 25.8 Å². The molecule has 0 aliphatic heterocycles. The quantitative estimate of drug-likeness (QED) is 0.616. The smallest absolute Gasteiger partial charge is 0.270 e. The Morgan fingerprint density at radius 2 is 2.16 bits per heavy atom. The third kappa shape index (κ3) is 4.89. The lowest BCUT2D eigenvalue weighted by molar-refractivity contribution is -0.384. The van der Waals surface area contributed by atoms with Crippen LogP contribution < -0.4 is 0 Å². The second kappa shape index (κ2) is 7.57. The van der Waals surface area contributed by atoms with Gasteiger partial charge in [0.05, 0.1) is 4.92 Å². The van der Waals surface area contributed by atoms with Crippen LogP contribution in [-0.2, 0) is 6.54 Å². The first-order valence-electron chi connectivity index (χ1n) is 6.23. The number of benzene rings is 1. The highest BCUT2D eigenvalue weighted by molar-refractivity contribution is 9.10. The van der Waals surface area contributed by atoms with Gasteiger partial charge in [0.2, 0.25) is 0 Å². The number of nitro groups is 1. The van der Waals surface area contributed by atoms with Gasteiger partial charge in [0.25, 0.3) is 5.69 Å². The Hall–Kier alpha value is -0.980. The van der Waals surface area contributed by atoms with Gasteiger partial charge in [0.15, 0.2) is 0 Å². The van der Waals surface area contributed by atoms with Gasteiger partial charge in [-0.25, -0.2) is 0 Å². The van der Waals surface area contributed by atoms with E-state index in [1.54, 1.807) is 6.07 Å². The molecular weight excluding hydrogens is 312 g/mol. The van der Waals surface area contributed by atoms with E-state index in [2.05, 4.69) is 34.7 Å². The van der Waals surface area contributed by atoms with Crippen LogP contribution in [0.25, 0.3) is 0 Å². The molecule has 5 nitrogen and oxygen atoms in total. The lowest BCUT2D eigenvalue weighted by Crippen LogP contribution is -2.31. The molecule has 0 atom stereocenters. The third-order valence-corrected chi connectivity index (χ3v) is 3.69. The van der Waals surface area contributed by atoms with Gasteiger partial charge in [-0.15, -0.1) is 0 Å². The topological polar surface area (TPSA) is 66.6 Å². The second-order valence-corrected chi connectivity index (χ2v) is 5.53. The first-order valence-corrected chi connectivity index (χ1v) is 7.02. The Morgan fingerprint density at radius 3 is 2.63 bits per heavy atom. The summed E-state index contributed by atoms with van der Waals surface area (Å²) in [6.07, 6.45) is 0.725. The van der Waals surface area contributed by atoms with E-state index in [4.69, 9.17) is 5.11 Å². The molecule has 106 valence electrons. The van der Waals surface area contributed by atoms with Crippen LogP contribution in [-0.4, -0.2) is 34.1 Å². The van der Waals surface area contributed by atoms with E-state index in [1.807, 2.05) is 0 Å². The SMILES string of the molecule is CC(C)N(CCCO)Cc1ccc([N+](=O)[O-])cc1Br. The summed E-state index contributed by atoms with van der Waals surface area (Å²) in [6, 6.07) is 5.18. The van der Waals surface area contributed by atoms with Crippen LogP contribution in [0.5, 0.6) is 0 Å². The second-order valence-electron chi connectivity index (χ2n) is 4.67. The molecule has 1 rings (SSSR count). The van der Waals surface area contributed by atoms with Gasteiger partial charge >= 0.3 is 0 Å². The molecule has 0 spiro atoms. The van der Waals surface area contributed by atoms with Crippen molar-refractivity contribution in [3.8, 4) is 0 Å². The number of halogens is 1. The molecular formula is C13H19BrN2O3. The predicted molar refractivity (Wildman–Crippen MR) is 78.0 cm³/mol. The van der Waals surface area contributed by atoms with Crippen LogP contribution in [0.15, 0.2) is 22.7 Å². The summed E-state index contributed by atoms with van der Waals surface area (Å²) in [5, 5.41) is 19.6. The molecule has 6 heteroatoms. The molecule has 0 heterocycles. The van der Waals surface area contributed by atoms with Gasteiger partial charge in [0.1, 0.15) is 0 Å². The summed E-state index contributed by atoms with van der Waals surface area (Å²) in [5.41, 5.74) is 1.10. The minimum Gasteiger partial charge on any atom is -0.396 e. The van der Waals surface area contributed by atoms with Crippen LogP contribution >= 0.6 is 15.9 Å². The molecule has 0 saturated heterocycles. The van der Waals surface area contributed by atoms with Crippen molar-refractivity contribution in [1.29, 1.82) is 0 Å². The zero-order valence-corrected chi connectivity index (χ0v) is 12.8. The van der Waals surface area contributed by atoms with Crippen molar-refractivity contribution in [2.45, 2.75) is 32.9 Å². The molecule has 0 saturated carbocycles. The number of nitro benzene ring substituents is 1.